The van der Waals surface area contributed by atoms with Gasteiger partial charge in [0.15, 0.2) is 5.58 Å². The number of carbonyl (C=O) groups is 1. The number of nitrogens with zero attached hydrogens (tertiary/aromatic N) is 3. The zero-order valence-electron chi connectivity index (χ0n) is 14.4. The van der Waals surface area contributed by atoms with Crippen molar-refractivity contribution in [1.29, 1.82) is 0 Å². The summed E-state index contributed by atoms with van der Waals surface area (Å²) < 4.78 is 12.4. The summed E-state index contributed by atoms with van der Waals surface area (Å²) in [7, 11) is 0. The Balaban J connectivity index is 1.52. The Morgan fingerprint density at radius 1 is 1.31 bits per heavy atom. The Morgan fingerprint density at radius 3 is 3.00 bits per heavy atom. The van der Waals surface area contributed by atoms with Gasteiger partial charge in [0.2, 0.25) is 5.91 Å². The van der Waals surface area contributed by atoms with Gasteiger partial charge in [0, 0.05) is 18.4 Å². The largest absolute Gasteiger partial charge is 0.420 e. The third-order valence-corrected chi connectivity index (χ3v) is 4.58. The van der Waals surface area contributed by atoms with Crippen LogP contribution in [-0.2, 0) is 16.1 Å². The number of pyridine rings is 1. The number of aromatic nitrogens is 2. The summed E-state index contributed by atoms with van der Waals surface area (Å²) in [5.74, 6) is -0.646. The molecule has 4 rings (SSSR count). The van der Waals surface area contributed by atoms with Crippen molar-refractivity contribution in [3.8, 4) is 0 Å². The van der Waals surface area contributed by atoms with Crippen LogP contribution in [0.4, 0.5) is 0 Å². The molecular weight excluding hydrogens is 334 g/mol. The Labute approximate surface area is 149 Å². The number of morpholine rings is 1. The molecule has 1 fully saturated rings. The Morgan fingerprint density at radius 2 is 2.15 bits per heavy atom. The van der Waals surface area contributed by atoms with E-state index in [2.05, 4.69) is 4.98 Å². The molecule has 134 valence electrons. The molecule has 1 aliphatic heterocycles. The van der Waals surface area contributed by atoms with E-state index in [-0.39, 0.29) is 18.6 Å². The Hall–Kier alpha value is -2.93. The van der Waals surface area contributed by atoms with Gasteiger partial charge in [-0.05, 0) is 36.8 Å². The van der Waals surface area contributed by atoms with Crippen LogP contribution >= 0.6 is 0 Å². The van der Waals surface area contributed by atoms with Gasteiger partial charge < -0.3 is 14.1 Å². The first-order chi connectivity index (χ1) is 12.6. The highest BCUT2D eigenvalue weighted by Gasteiger charge is 2.26. The number of benzene rings is 1. The third-order valence-electron chi connectivity index (χ3n) is 4.58. The summed E-state index contributed by atoms with van der Waals surface area (Å²) in [6.07, 6.45) is 1.55. The van der Waals surface area contributed by atoms with E-state index in [9.17, 15) is 9.59 Å². The summed E-state index contributed by atoms with van der Waals surface area (Å²) in [6.45, 7) is 3.29. The molecule has 0 spiro atoms. The van der Waals surface area contributed by atoms with Gasteiger partial charge in [-0.2, -0.15) is 0 Å². The summed E-state index contributed by atoms with van der Waals surface area (Å²) in [5, 5.41) is 0. The molecule has 7 heteroatoms. The lowest BCUT2D eigenvalue weighted by molar-refractivity contribution is -0.139. The minimum Gasteiger partial charge on any atom is -0.408 e. The van der Waals surface area contributed by atoms with E-state index in [0.717, 1.165) is 11.3 Å². The van der Waals surface area contributed by atoms with Crippen LogP contribution in [-0.4, -0.2) is 40.1 Å². The lowest BCUT2D eigenvalue weighted by Crippen LogP contribution is -2.44. The first-order valence-electron chi connectivity index (χ1n) is 8.52. The lowest BCUT2D eigenvalue weighted by Gasteiger charge is -2.33. The normalized spacial score (nSPS) is 17.6. The van der Waals surface area contributed by atoms with Gasteiger partial charge in [-0.3, -0.25) is 14.3 Å². The summed E-state index contributed by atoms with van der Waals surface area (Å²) in [6, 6.07) is 11.0. The standard InChI is InChI=1S/C19H19N3O4/c1-13-10-14(6-7-20-13)17-11-21(8-9-25-17)18(23)12-22-15-4-2-3-5-16(15)26-19(22)24/h2-7,10,17H,8-9,11-12H2,1H3/t17-/m0/s1. The molecule has 1 aromatic carbocycles. The molecule has 0 radical (unpaired) electrons. The van der Waals surface area contributed by atoms with Gasteiger partial charge in [-0.1, -0.05) is 12.1 Å². The number of aryl methyl sites for hydroxylation is 1. The van der Waals surface area contributed by atoms with Gasteiger partial charge in [0.05, 0.1) is 18.7 Å². The van der Waals surface area contributed by atoms with Crippen molar-refractivity contribution in [2.45, 2.75) is 19.6 Å². The fourth-order valence-electron chi connectivity index (χ4n) is 3.24. The maximum Gasteiger partial charge on any atom is 0.420 e. The van der Waals surface area contributed by atoms with E-state index in [4.69, 9.17) is 9.15 Å². The maximum atomic E-state index is 12.8. The van der Waals surface area contributed by atoms with E-state index >= 15 is 0 Å². The molecule has 1 atom stereocenters. The second-order valence-electron chi connectivity index (χ2n) is 6.35. The van der Waals surface area contributed by atoms with Crippen molar-refractivity contribution in [2.24, 2.45) is 0 Å². The molecule has 0 N–H and O–H groups in total. The lowest BCUT2D eigenvalue weighted by atomic mass is 10.1. The molecule has 0 saturated carbocycles. The third kappa shape index (κ3) is 3.13. The molecule has 3 aromatic rings. The maximum absolute atomic E-state index is 12.8. The van der Waals surface area contributed by atoms with Crippen molar-refractivity contribution < 1.29 is 13.9 Å². The van der Waals surface area contributed by atoms with E-state index in [1.54, 1.807) is 29.3 Å². The first kappa shape index (κ1) is 16.5. The second kappa shape index (κ2) is 6.76. The monoisotopic (exact) mass is 353 g/mol. The highest BCUT2D eigenvalue weighted by molar-refractivity contribution is 5.79. The van der Waals surface area contributed by atoms with Crippen molar-refractivity contribution in [3.63, 3.8) is 0 Å². The van der Waals surface area contributed by atoms with Crippen LogP contribution in [0, 0.1) is 6.92 Å². The van der Waals surface area contributed by atoms with Crippen LogP contribution in [0.2, 0.25) is 0 Å². The van der Waals surface area contributed by atoms with Gasteiger partial charge >= 0.3 is 5.76 Å². The molecule has 0 bridgehead atoms. The number of oxazole rings is 1. The fraction of sp³-hybridized carbons (Fsp3) is 0.316. The van der Waals surface area contributed by atoms with Gasteiger partial charge in [-0.15, -0.1) is 0 Å². The highest BCUT2D eigenvalue weighted by Crippen LogP contribution is 2.23. The molecule has 26 heavy (non-hydrogen) atoms. The van der Waals surface area contributed by atoms with Crippen LogP contribution < -0.4 is 5.76 Å². The number of amides is 1. The smallest absolute Gasteiger partial charge is 0.408 e. The van der Waals surface area contributed by atoms with Crippen LogP contribution in [0.1, 0.15) is 17.4 Å². The van der Waals surface area contributed by atoms with Gasteiger partial charge in [0.25, 0.3) is 0 Å². The van der Waals surface area contributed by atoms with Crippen molar-refractivity contribution in [3.05, 3.63) is 64.4 Å². The van der Waals surface area contributed by atoms with E-state index in [1.807, 2.05) is 25.1 Å². The zero-order valence-corrected chi connectivity index (χ0v) is 14.4. The average molecular weight is 353 g/mol. The predicted molar refractivity (Wildman–Crippen MR) is 94.7 cm³/mol. The molecule has 7 nitrogen and oxygen atoms in total. The average Bonchev–Trinajstić information content (AvgIpc) is 2.97. The molecule has 1 aliphatic rings. The predicted octanol–water partition coefficient (Wildman–Crippen LogP) is 1.90. The summed E-state index contributed by atoms with van der Waals surface area (Å²) in [4.78, 5) is 30.8. The second-order valence-corrected chi connectivity index (χ2v) is 6.35. The molecule has 0 unspecified atom stereocenters. The first-order valence-corrected chi connectivity index (χ1v) is 8.52. The number of hydrogen-bond donors (Lipinski definition) is 0. The number of ether oxygens (including phenoxy) is 1. The molecule has 3 heterocycles. The molecule has 1 saturated heterocycles. The van der Waals surface area contributed by atoms with Gasteiger partial charge in [0.1, 0.15) is 12.6 Å². The number of carbonyl (C=O) groups excluding carboxylic acids is 1. The van der Waals surface area contributed by atoms with Crippen LogP contribution in [0.15, 0.2) is 51.8 Å². The quantitative estimate of drug-likeness (QED) is 0.719. The summed E-state index contributed by atoms with van der Waals surface area (Å²) >= 11 is 0. The van der Waals surface area contributed by atoms with Gasteiger partial charge in [-0.25, -0.2) is 4.79 Å². The SMILES string of the molecule is Cc1cc([C@@H]2CN(C(=O)Cn3c(=O)oc4ccccc43)CCO2)ccn1. The fourth-order valence-corrected chi connectivity index (χ4v) is 3.24. The Bertz CT molecular complexity index is 1010. The van der Waals surface area contributed by atoms with Crippen LogP contribution in [0.3, 0.4) is 0 Å². The minimum atomic E-state index is -0.519. The van der Waals surface area contributed by atoms with Crippen molar-refractivity contribution in [1.82, 2.24) is 14.5 Å². The Kier molecular flexibility index (Phi) is 4.30. The molecule has 0 aliphatic carbocycles. The number of para-hydroxylation sites is 2. The minimum absolute atomic E-state index is 0.0437. The highest BCUT2D eigenvalue weighted by atomic mass is 16.5. The summed E-state index contributed by atoms with van der Waals surface area (Å²) in [5.41, 5.74) is 3.02. The van der Waals surface area contributed by atoms with E-state index in [1.165, 1.54) is 4.57 Å². The number of rotatable bonds is 3. The molecule has 2 aromatic heterocycles. The van der Waals surface area contributed by atoms with Crippen LogP contribution in [0.5, 0.6) is 0 Å². The topological polar surface area (TPSA) is 77.6 Å². The van der Waals surface area contributed by atoms with E-state index < -0.39 is 5.76 Å². The molecule has 1 amide bonds. The van der Waals surface area contributed by atoms with Crippen LogP contribution in [0.25, 0.3) is 11.1 Å². The molecular formula is C19H19N3O4. The number of hydrogen-bond acceptors (Lipinski definition) is 5. The van der Waals surface area contributed by atoms with Crippen molar-refractivity contribution in [2.75, 3.05) is 19.7 Å². The van der Waals surface area contributed by atoms with E-state index in [0.29, 0.717) is 30.8 Å². The van der Waals surface area contributed by atoms with Crippen molar-refractivity contribution >= 4 is 17.0 Å². The zero-order chi connectivity index (χ0) is 18.1. The number of fused-ring (bicyclic) bond motifs is 1.